The molecule has 0 atom stereocenters. The van der Waals surface area contributed by atoms with Crippen molar-refractivity contribution in [2.45, 2.75) is 117 Å². The van der Waals surface area contributed by atoms with Crippen LogP contribution in [-0.4, -0.2) is 22.7 Å². The van der Waals surface area contributed by atoms with Crippen molar-refractivity contribution < 1.29 is 14.4 Å². The van der Waals surface area contributed by atoms with Crippen LogP contribution in [0.25, 0.3) is 10.9 Å². The monoisotopic (exact) mass is 502 g/mol. The highest BCUT2D eigenvalue weighted by molar-refractivity contribution is 5.89. The Morgan fingerprint density at radius 2 is 1.28 bits per heavy atom. The van der Waals surface area contributed by atoms with Gasteiger partial charge in [-0.2, -0.15) is 0 Å². The lowest BCUT2D eigenvalue weighted by Gasteiger charge is -2.19. The summed E-state index contributed by atoms with van der Waals surface area (Å²) in [5.41, 5.74) is 0.265. The largest absolute Gasteiger partial charge is 0.489 e. The number of aromatic nitrogens is 1. The van der Waals surface area contributed by atoms with Crippen molar-refractivity contribution in [1.29, 1.82) is 0 Å². The third-order valence-corrected chi connectivity index (χ3v) is 6.60. The molecule has 0 amide bonds. The van der Waals surface area contributed by atoms with Crippen LogP contribution in [0.1, 0.15) is 111 Å². The van der Waals surface area contributed by atoms with Gasteiger partial charge in [-0.05, 0) is 25.3 Å². The van der Waals surface area contributed by atoms with Gasteiger partial charge < -0.3 is 14.0 Å². The summed E-state index contributed by atoms with van der Waals surface area (Å²) in [7, 11) is 0. The molecule has 7 nitrogen and oxygen atoms in total. The second kappa shape index (κ2) is 17.0. The first-order valence-corrected chi connectivity index (χ1v) is 14.2. The van der Waals surface area contributed by atoms with E-state index in [0.29, 0.717) is 36.4 Å². The molecule has 0 aliphatic carbocycles. The third kappa shape index (κ3) is 9.14. The highest BCUT2D eigenvalue weighted by Crippen LogP contribution is 2.35. The maximum absolute atomic E-state index is 13.7. The highest BCUT2D eigenvalue weighted by Gasteiger charge is 2.22. The minimum atomic E-state index is -0.414. The average Bonchev–Trinajstić information content (AvgIpc) is 2.87. The number of nitro groups is 1. The number of nitro benzene ring substituents is 1. The molecule has 202 valence electrons. The zero-order valence-electron chi connectivity index (χ0n) is 22.7. The molecule has 1 heterocycles. The summed E-state index contributed by atoms with van der Waals surface area (Å²) >= 11 is 0. The maximum Gasteiger partial charge on any atom is 0.297 e. The summed E-state index contributed by atoms with van der Waals surface area (Å²) in [6.07, 6.45) is 15.0. The first kappa shape index (κ1) is 29.7. The predicted molar refractivity (Wildman–Crippen MR) is 148 cm³/mol. The van der Waals surface area contributed by atoms with Crippen molar-refractivity contribution in [3.05, 3.63) is 38.7 Å². The van der Waals surface area contributed by atoms with Gasteiger partial charge in [-0.25, -0.2) is 0 Å². The zero-order valence-corrected chi connectivity index (χ0v) is 22.7. The van der Waals surface area contributed by atoms with Crippen LogP contribution >= 0.6 is 0 Å². The standard InChI is InChI=1S/C29H46N2O5/c1-4-7-10-13-14-15-20-30-26-23-24(31(33)34)18-19-25(26)27(35-21-16-11-8-5-2)28(29(30)32)36-22-17-12-9-6-3/h18-19,23H,4-17,20-22H2,1-3H3. The molecule has 0 N–H and O–H groups in total. The summed E-state index contributed by atoms with van der Waals surface area (Å²) < 4.78 is 13.9. The van der Waals surface area contributed by atoms with E-state index in [-0.39, 0.29) is 17.0 Å². The second-order valence-corrected chi connectivity index (χ2v) is 9.66. The van der Waals surface area contributed by atoms with E-state index in [1.807, 2.05) is 0 Å². The minimum absolute atomic E-state index is 0.0271. The van der Waals surface area contributed by atoms with Crippen LogP contribution in [0.15, 0.2) is 23.0 Å². The predicted octanol–water partition coefficient (Wildman–Crippen LogP) is 8.19. The van der Waals surface area contributed by atoms with Crippen molar-refractivity contribution in [3.63, 3.8) is 0 Å². The van der Waals surface area contributed by atoms with Gasteiger partial charge in [0.25, 0.3) is 11.2 Å². The summed E-state index contributed by atoms with van der Waals surface area (Å²) in [6, 6.07) is 4.69. The number of rotatable bonds is 20. The fraction of sp³-hybridized carbons (Fsp3) is 0.690. The number of pyridine rings is 1. The maximum atomic E-state index is 13.7. The van der Waals surface area contributed by atoms with Crippen molar-refractivity contribution in [3.8, 4) is 11.5 Å². The van der Waals surface area contributed by atoms with E-state index in [1.165, 1.54) is 31.4 Å². The molecule has 0 aliphatic heterocycles. The van der Waals surface area contributed by atoms with Crippen molar-refractivity contribution in [2.75, 3.05) is 13.2 Å². The number of fused-ring (bicyclic) bond motifs is 1. The summed E-state index contributed by atoms with van der Waals surface area (Å²) in [6.45, 7) is 7.96. The Morgan fingerprint density at radius 3 is 1.86 bits per heavy atom. The Bertz CT molecular complexity index is 986. The number of unbranched alkanes of at least 4 members (excludes halogenated alkanes) is 11. The fourth-order valence-electron chi connectivity index (χ4n) is 4.45. The highest BCUT2D eigenvalue weighted by atomic mass is 16.6. The molecule has 0 unspecified atom stereocenters. The first-order valence-electron chi connectivity index (χ1n) is 14.2. The van der Waals surface area contributed by atoms with Gasteiger partial charge in [0, 0.05) is 24.1 Å². The minimum Gasteiger partial charge on any atom is -0.489 e. The number of aryl methyl sites for hydroxylation is 1. The molecule has 1 aromatic carbocycles. The van der Waals surface area contributed by atoms with Gasteiger partial charge in [0.05, 0.1) is 23.7 Å². The molecule has 0 aliphatic rings. The third-order valence-electron chi connectivity index (χ3n) is 6.60. The molecule has 0 bridgehead atoms. The van der Waals surface area contributed by atoms with Gasteiger partial charge in [-0.3, -0.25) is 14.9 Å². The van der Waals surface area contributed by atoms with Crippen molar-refractivity contribution in [2.24, 2.45) is 0 Å². The number of hydrogen-bond acceptors (Lipinski definition) is 5. The summed E-state index contributed by atoms with van der Waals surface area (Å²) in [5.74, 6) is 0.672. The number of ether oxygens (including phenoxy) is 2. The number of hydrogen-bond donors (Lipinski definition) is 0. The molecule has 0 saturated carbocycles. The molecule has 2 rings (SSSR count). The average molecular weight is 503 g/mol. The second-order valence-electron chi connectivity index (χ2n) is 9.66. The Hall–Kier alpha value is -2.57. The van der Waals surface area contributed by atoms with Crippen LogP contribution in [0.3, 0.4) is 0 Å². The van der Waals surface area contributed by atoms with Crippen molar-refractivity contribution in [1.82, 2.24) is 4.57 Å². The molecular formula is C29H46N2O5. The number of nitrogens with zero attached hydrogens (tertiary/aromatic N) is 2. The Kier molecular flexibility index (Phi) is 14.0. The Balaban J connectivity index is 2.42. The molecule has 0 radical (unpaired) electrons. The van der Waals surface area contributed by atoms with Crippen LogP contribution in [0.4, 0.5) is 5.69 Å². The van der Waals surface area contributed by atoms with Crippen molar-refractivity contribution >= 4 is 16.6 Å². The van der Waals surface area contributed by atoms with Crippen LogP contribution in [-0.2, 0) is 6.54 Å². The normalized spacial score (nSPS) is 11.2. The zero-order chi connectivity index (χ0) is 26.2. The first-order chi connectivity index (χ1) is 17.5. The topological polar surface area (TPSA) is 83.6 Å². The molecule has 0 spiro atoms. The van der Waals surface area contributed by atoms with Crippen LogP contribution in [0.2, 0.25) is 0 Å². The SMILES string of the molecule is CCCCCCCCn1c(=O)c(OCCCCCC)c(OCCCCCC)c2ccc([N+](=O)[O-])cc21. The van der Waals surface area contributed by atoms with Gasteiger partial charge in [0.15, 0.2) is 5.75 Å². The van der Waals surface area contributed by atoms with E-state index in [4.69, 9.17) is 9.47 Å². The van der Waals surface area contributed by atoms with Gasteiger partial charge in [-0.15, -0.1) is 0 Å². The Labute approximate surface area is 216 Å². The van der Waals surface area contributed by atoms with Crippen LogP contribution < -0.4 is 15.0 Å². The number of benzene rings is 1. The van der Waals surface area contributed by atoms with Gasteiger partial charge in [-0.1, -0.05) is 91.4 Å². The molecule has 2 aromatic rings. The van der Waals surface area contributed by atoms with Gasteiger partial charge in [0.2, 0.25) is 5.75 Å². The fourth-order valence-corrected chi connectivity index (χ4v) is 4.45. The summed E-state index contributed by atoms with van der Waals surface area (Å²) in [5, 5.41) is 12.2. The summed E-state index contributed by atoms with van der Waals surface area (Å²) in [4.78, 5) is 24.8. The van der Waals surface area contributed by atoms with Gasteiger partial charge >= 0.3 is 0 Å². The lowest BCUT2D eigenvalue weighted by atomic mass is 10.1. The van der Waals surface area contributed by atoms with Gasteiger partial charge in [0.1, 0.15) is 0 Å². The molecule has 1 aromatic heterocycles. The van der Waals surface area contributed by atoms with E-state index in [1.54, 1.807) is 10.6 Å². The lowest BCUT2D eigenvalue weighted by molar-refractivity contribution is -0.384. The van der Waals surface area contributed by atoms with E-state index in [9.17, 15) is 14.9 Å². The molecule has 36 heavy (non-hydrogen) atoms. The van der Waals surface area contributed by atoms with E-state index in [0.717, 1.165) is 70.6 Å². The molecule has 7 heteroatoms. The van der Waals surface area contributed by atoms with E-state index in [2.05, 4.69) is 20.8 Å². The molecule has 0 fully saturated rings. The van der Waals surface area contributed by atoms with E-state index < -0.39 is 4.92 Å². The van der Waals surface area contributed by atoms with E-state index >= 15 is 0 Å². The lowest BCUT2D eigenvalue weighted by Crippen LogP contribution is -2.24. The quantitative estimate of drug-likeness (QED) is 0.103. The smallest absolute Gasteiger partial charge is 0.297 e. The van der Waals surface area contributed by atoms with Crippen LogP contribution in [0.5, 0.6) is 11.5 Å². The number of non-ortho nitro benzene ring substituents is 1. The molecule has 0 saturated heterocycles. The Morgan fingerprint density at radius 1 is 0.750 bits per heavy atom. The van der Waals surface area contributed by atoms with Crippen LogP contribution in [0, 0.1) is 10.1 Å². The molecular weight excluding hydrogens is 456 g/mol.